The van der Waals surface area contributed by atoms with Crippen LogP contribution in [0, 0.1) is 0 Å². The van der Waals surface area contributed by atoms with Gasteiger partial charge in [0.2, 0.25) is 0 Å². The van der Waals surface area contributed by atoms with Gasteiger partial charge in [-0.1, -0.05) is 6.07 Å². The van der Waals surface area contributed by atoms with Crippen LogP contribution >= 0.6 is 15.9 Å². The quantitative estimate of drug-likeness (QED) is 0.909. The van der Waals surface area contributed by atoms with E-state index in [-0.39, 0.29) is 0 Å². The molecule has 4 nitrogen and oxygen atoms in total. The summed E-state index contributed by atoms with van der Waals surface area (Å²) in [4.78, 5) is 15.0. The summed E-state index contributed by atoms with van der Waals surface area (Å²) in [5.74, 6) is -1.39. The second-order valence-electron chi connectivity index (χ2n) is 3.30. The van der Waals surface area contributed by atoms with Crippen LogP contribution in [-0.4, -0.2) is 20.5 Å². The van der Waals surface area contributed by atoms with Crippen LogP contribution in [0.4, 0.5) is 0 Å². The largest absolute Gasteiger partial charge is 0.481 e. The van der Waals surface area contributed by atoms with E-state index in [4.69, 9.17) is 5.11 Å². The minimum atomic E-state index is -0.840. The molecule has 0 aliphatic carbocycles. The Hall–Kier alpha value is -1.36. The van der Waals surface area contributed by atoms with Gasteiger partial charge in [-0.25, -0.2) is 4.98 Å². The molecule has 0 aliphatic heterocycles. The number of carbonyl (C=O) groups is 1. The smallest absolute Gasteiger partial charge is 0.312 e. The van der Waals surface area contributed by atoms with Gasteiger partial charge in [-0.2, -0.15) is 0 Å². The molecule has 0 amide bonds. The van der Waals surface area contributed by atoms with Crippen LogP contribution in [0.15, 0.2) is 29.1 Å². The normalized spacial score (nSPS) is 12.9. The highest BCUT2D eigenvalue weighted by atomic mass is 79.9. The van der Waals surface area contributed by atoms with Crippen LogP contribution in [0.25, 0.3) is 5.52 Å². The van der Waals surface area contributed by atoms with Gasteiger partial charge >= 0.3 is 5.97 Å². The number of aromatic nitrogens is 2. The third kappa shape index (κ3) is 1.63. The summed E-state index contributed by atoms with van der Waals surface area (Å²) < 4.78 is 2.50. The molecule has 2 rings (SSSR count). The van der Waals surface area contributed by atoms with Gasteiger partial charge in [0, 0.05) is 5.69 Å². The Bertz CT molecular complexity index is 521. The fourth-order valence-electron chi connectivity index (χ4n) is 1.49. The third-order valence-corrected chi connectivity index (χ3v) is 2.98. The summed E-state index contributed by atoms with van der Waals surface area (Å²) in [5, 5.41) is 8.96. The zero-order valence-electron chi connectivity index (χ0n) is 8.01. The molecule has 0 spiro atoms. The zero-order valence-corrected chi connectivity index (χ0v) is 9.60. The maximum Gasteiger partial charge on any atom is 0.312 e. The van der Waals surface area contributed by atoms with E-state index in [1.807, 2.05) is 12.1 Å². The lowest BCUT2D eigenvalue weighted by atomic mass is 10.1. The van der Waals surface area contributed by atoms with Gasteiger partial charge in [-0.15, -0.1) is 0 Å². The number of hydrogen-bond donors (Lipinski definition) is 1. The lowest BCUT2D eigenvalue weighted by molar-refractivity contribution is -0.138. The number of pyridine rings is 1. The summed E-state index contributed by atoms with van der Waals surface area (Å²) in [6, 6.07) is 5.51. The molecule has 2 aromatic heterocycles. The first-order valence-electron chi connectivity index (χ1n) is 4.45. The first kappa shape index (κ1) is 10.2. The van der Waals surface area contributed by atoms with Gasteiger partial charge in [-0.05, 0) is 35.0 Å². The molecule has 0 radical (unpaired) electrons. The van der Waals surface area contributed by atoms with Crippen LogP contribution in [0.2, 0.25) is 0 Å². The number of carboxylic acids is 1. The van der Waals surface area contributed by atoms with E-state index in [1.54, 1.807) is 23.7 Å². The number of carboxylic acid groups (broad SMARTS) is 1. The molecule has 0 fully saturated rings. The van der Waals surface area contributed by atoms with Gasteiger partial charge in [0.25, 0.3) is 0 Å². The highest BCUT2D eigenvalue weighted by molar-refractivity contribution is 9.10. The molecule has 1 unspecified atom stereocenters. The van der Waals surface area contributed by atoms with E-state index in [9.17, 15) is 4.79 Å². The predicted molar refractivity (Wildman–Crippen MR) is 58.9 cm³/mol. The zero-order chi connectivity index (χ0) is 11.0. The standard InChI is InChI=1S/C10H9BrN2O2/c1-6(10(14)15)7-3-2-4-8-9(11)12-5-13(7)8/h2-6H,1H3,(H,14,15). The van der Waals surface area contributed by atoms with Crippen molar-refractivity contribution >= 4 is 27.4 Å². The lowest BCUT2D eigenvalue weighted by Crippen LogP contribution is -2.11. The van der Waals surface area contributed by atoms with Crippen LogP contribution in [0.1, 0.15) is 18.5 Å². The molecule has 15 heavy (non-hydrogen) atoms. The number of aliphatic carboxylic acids is 1. The van der Waals surface area contributed by atoms with Crippen LogP contribution in [-0.2, 0) is 4.79 Å². The van der Waals surface area contributed by atoms with E-state index >= 15 is 0 Å². The first-order valence-corrected chi connectivity index (χ1v) is 5.25. The molecular formula is C10H9BrN2O2. The van der Waals surface area contributed by atoms with Crippen molar-refractivity contribution in [1.82, 2.24) is 9.38 Å². The van der Waals surface area contributed by atoms with E-state index in [0.717, 1.165) is 15.8 Å². The summed E-state index contributed by atoms with van der Waals surface area (Å²) in [5.41, 5.74) is 1.60. The summed E-state index contributed by atoms with van der Waals surface area (Å²) in [7, 11) is 0. The van der Waals surface area contributed by atoms with Crippen LogP contribution in [0.5, 0.6) is 0 Å². The summed E-state index contributed by atoms with van der Waals surface area (Å²) in [6.07, 6.45) is 1.62. The molecule has 0 saturated heterocycles. The van der Waals surface area contributed by atoms with E-state index in [0.29, 0.717) is 0 Å². The SMILES string of the molecule is CC(C(=O)O)c1cccc2c(Br)ncn12. The third-order valence-electron chi connectivity index (χ3n) is 2.37. The van der Waals surface area contributed by atoms with Crippen LogP contribution < -0.4 is 0 Å². The van der Waals surface area contributed by atoms with E-state index in [1.165, 1.54) is 0 Å². The lowest BCUT2D eigenvalue weighted by Gasteiger charge is -2.09. The number of imidazole rings is 1. The maximum atomic E-state index is 10.9. The molecule has 2 heterocycles. The van der Waals surface area contributed by atoms with Crippen molar-refractivity contribution in [3.05, 3.63) is 34.8 Å². The second-order valence-corrected chi connectivity index (χ2v) is 4.05. The fourth-order valence-corrected chi connectivity index (χ4v) is 1.90. The van der Waals surface area contributed by atoms with Gasteiger partial charge in [-0.3, -0.25) is 4.79 Å². The molecule has 0 bridgehead atoms. The van der Waals surface area contributed by atoms with Crippen molar-refractivity contribution in [2.45, 2.75) is 12.8 Å². The van der Waals surface area contributed by atoms with Crippen molar-refractivity contribution in [2.24, 2.45) is 0 Å². The van der Waals surface area contributed by atoms with Gasteiger partial charge in [0.05, 0.1) is 11.4 Å². The molecule has 1 N–H and O–H groups in total. The Balaban J connectivity index is 2.66. The van der Waals surface area contributed by atoms with Crippen molar-refractivity contribution in [3.8, 4) is 0 Å². The van der Waals surface area contributed by atoms with Gasteiger partial charge in [0.15, 0.2) is 0 Å². The molecule has 0 aliphatic rings. The second kappa shape index (κ2) is 3.66. The Morgan fingerprint density at radius 1 is 1.60 bits per heavy atom. The molecule has 2 aromatic rings. The predicted octanol–water partition coefficient (Wildman–Crippen LogP) is 2.28. The van der Waals surface area contributed by atoms with Crippen molar-refractivity contribution < 1.29 is 9.90 Å². The summed E-state index contributed by atoms with van der Waals surface area (Å²) >= 11 is 3.31. The minimum Gasteiger partial charge on any atom is -0.481 e. The Morgan fingerprint density at radius 2 is 2.33 bits per heavy atom. The Morgan fingerprint density at radius 3 is 3.00 bits per heavy atom. The Kier molecular flexibility index (Phi) is 2.48. The van der Waals surface area contributed by atoms with E-state index in [2.05, 4.69) is 20.9 Å². The van der Waals surface area contributed by atoms with E-state index < -0.39 is 11.9 Å². The van der Waals surface area contributed by atoms with Crippen LogP contribution in [0.3, 0.4) is 0 Å². The Labute approximate surface area is 94.7 Å². The number of nitrogens with zero attached hydrogens (tertiary/aromatic N) is 2. The average molecular weight is 269 g/mol. The minimum absolute atomic E-state index is 0.546. The molecule has 1 atom stereocenters. The van der Waals surface area contributed by atoms with Crippen molar-refractivity contribution in [2.75, 3.05) is 0 Å². The summed E-state index contributed by atoms with van der Waals surface area (Å²) in [6.45, 7) is 1.66. The maximum absolute atomic E-state index is 10.9. The number of halogens is 1. The average Bonchev–Trinajstić information content (AvgIpc) is 2.59. The number of rotatable bonds is 2. The van der Waals surface area contributed by atoms with Crippen molar-refractivity contribution in [3.63, 3.8) is 0 Å². The highest BCUT2D eigenvalue weighted by Crippen LogP contribution is 2.22. The van der Waals surface area contributed by atoms with Crippen molar-refractivity contribution in [1.29, 1.82) is 0 Å². The molecular weight excluding hydrogens is 260 g/mol. The molecule has 0 aromatic carbocycles. The van der Waals surface area contributed by atoms with Gasteiger partial charge in [0.1, 0.15) is 10.9 Å². The molecule has 78 valence electrons. The van der Waals surface area contributed by atoms with Gasteiger partial charge < -0.3 is 9.51 Å². The fraction of sp³-hybridized carbons (Fsp3) is 0.200. The number of hydrogen-bond acceptors (Lipinski definition) is 2. The highest BCUT2D eigenvalue weighted by Gasteiger charge is 2.17. The first-order chi connectivity index (χ1) is 7.11. The topological polar surface area (TPSA) is 54.6 Å². The number of fused-ring (bicyclic) bond motifs is 1. The molecule has 0 saturated carbocycles. The molecule has 5 heteroatoms. The monoisotopic (exact) mass is 268 g/mol.